The van der Waals surface area contributed by atoms with Crippen molar-refractivity contribution in [2.75, 3.05) is 6.61 Å². The van der Waals surface area contributed by atoms with Crippen LogP contribution in [0.1, 0.15) is 25.3 Å². The molecule has 100 valence electrons. The van der Waals surface area contributed by atoms with Crippen molar-refractivity contribution >= 4 is 10.8 Å². The first-order valence-corrected chi connectivity index (χ1v) is 7.13. The number of hydrogen-bond acceptors (Lipinski definition) is 2. The van der Waals surface area contributed by atoms with Crippen molar-refractivity contribution in [1.29, 1.82) is 0 Å². The quantitative estimate of drug-likeness (QED) is 0.887. The molecule has 1 saturated carbocycles. The van der Waals surface area contributed by atoms with Crippen LogP contribution in [0.3, 0.4) is 0 Å². The van der Waals surface area contributed by atoms with Gasteiger partial charge in [0.2, 0.25) is 0 Å². The summed E-state index contributed by atoms with van der Waals surface area (Å²) in [6.45, 7) is 2.90. The smallest absolute Gasteiger partial charge is 0.123 e. The van der Waals surface area contributed by atoms with Crippen LogP contribution in [0.15, 0.2) is 36.4 Å². The number of benzene rings is 2. The van der Waals surface area contributed by atoms with Crippen LogP contribution in [0.2, 0.25) is 0 Å². The molecular weight excluding hydrogens is 234 g/mol. The van der Waals surface area contributed by atoms with Crippen LogP contribution >= 0.6 is 0 Å². The first-order valence-electron chi connectivity index (χ1n) is 7.13. The maximum Gasteiger partial charge on any atom is 0.123 e. The lowest BCUT2D eigenvalue weighted by atomic mass is 9.98. The van der Waals surface area contributed by atoms with Crippen molar-refractivity contribution in [3.05, 3.63) is 42.0 Å². The normalized spacial score (nSPS) is 16.5. The Hall–Kier alpha value is -1.54. The molecule has 0 aliphatic heterocycles. The van der Waals surface area contributed by atoms with Crippen molar-refractivity contribution in [2.45, 2.75) is 32.2 Å². The molecule has 2 nitrogen and oxygen atoms in total. The van der Waals surface area contributed by atoms with E-state index in [0.717, 1.165) is 24.7 Å². The summed E-state index contributed by atoms with van der Waals surface area (Å²) in [4.78, 5) is 0. The molecule has 19 heavy (non-hydrogen) atoms. The highest BCUT2D eigenvalue weighted by Gasteiger charge is 2.22. The lowest BCUT2D eigenvalue weighted by Gasteiger charge is -2.15. The lowest BCUT2D eigenvalue weighted by Crippen LogP contribution is -2.18. The maximum absolute atomic E-state index is 6.01. The van der Waals surface area contributed by atoms with Gasteiger partial charge in [-0.3, -0.25) is 0 Å². The molecule has 2 aromatic carbocycles. The summed E-state index contributed by atoms with van der Waals surface area (Å²) >= 11 is 0. The summed E-state index contributed by atoms with van der Waals surface area (Å²) in [5, 5.41) is 2.53. The second kappa shape index (κ2) is 5.22. The van der Waals surface area contributed by atoms with E-state index in [9.17, 15) is 0 Å². The van der Waals surface area contributed by atoms with E-state index in [4.69, 9.17) is 10.5 Å². The van der Waals surface area contributed by atoms with Crippen LogP contribution in [0.5, 0.6) is 5.75 Å². The highest BCUT2D eigenvalue weighted by molar-refractivity contribution is 5.87. The van der Waals surface area contributed by atoms with Crippen molar-refractivity contribution in [1.82, 2.24) is 0 Å². The molecule has 1 fully saturated rings. The first-order chi connectivity index (χ1) is 9.24. The van der Waals surface area contributed by atoms with Gasteiger partial charge in [-0.1, -0.05) is 30.3 Å². The Morgan fingerprint density at radius 2 is 2.00 bits per heavy atom. The molecule has 0 amide bonds. The molecule has 2 aromatic rings. The van der Waals surface area contributed by atoms with Crippen LogP contribution in [0, 0.1) is 5.92 Å². The third kappa shape index (κ3) is 2.90. The van der Waals surface area contributed by atoms with Crippen LogP contribution in [-0.2, 0) is 6.42 Å². The molecule has 0 radical (unpaired) electrons. The molecule has 1 atom stereocenters. The van der Waals surface area contributed by atoms with Gasteiger partial charge in [0.25, 0.3) is 0 Å². The number of hydrogen-bond donors (Lipinski definition) is 1. The molecule has 1 unspecified atom stereocenters. The summed E-state index contributed by atoms with van der Waals surface area (Å²) in [6, 6.07) is 12.8. The molecule has 0 bridgehead atoms. The van der Waals surface area contributed by atoms with Crippen LogP contribution in [0.25, 0.3) is 10.8 Å². The molecule has 0 spiro atoms. The Morgan fingerprint density at radius 3 is 2.74 bits per heavy atom. The summed E-state index contributed by atoms with van der Waals surface area (Å²) in [6.07, 6.45) is 3.49. The lowest BCUT2D eigenvalue weighted by molar-refractivity contribution is 0.297. The average Bonchev–Trinajstić information content (AvgIpc) is 3.21. The molecule has 0 saturated heterocycles. The maximum atomic E-state index is 6.01. The third-order valence-corrected chi connectivity index (χ3v) is 3.70. The molecule has 2 heteroatoms. The molecule has 0 aromatic heterocycles. The van der Waals surface area contributed by atoms with E-state index in [1.54, 1.807) is 0 Å². The molecule has 2 N–H and O–H groups in total. The highest BCUT2D eigenvalue weighted by Crippen LogP contribution is 2.33. The molecule has 0 heterocycles. The van der Waals surface area contributed by atoms with Crippen molar-refractivity contribution in [3.63, 3.8) is 0 Å². The van der Waals surface area contributed by atoms with Crippen molar-refractivity contribution in [3.8, 4) is 5.75 Å². The standard InChI is InChI=1S/C17H21NO/c1-12(18)10-16-15-5-3-2-4-14(15)8-9-17(16)19-11-13-6-7-13/h2-5,8-9,12-13H,6-7,10-11,18H2,1H3. The fourth-order valence-corrected chi connectivity index (χ4v) is 2.48. The van der Waals surface area contributed by atoms with Gasteiger partial charge >= 0.3 is 0 Å². The van der Waals surface area contributed by atoms with Gasteiger partial charge in [-0.2, -0.15) is 0 Å². The summed E-state index contributed by atoms with van der Waals surface area (Å²) in [5.41, 5.74) is 7.26. The molecule has 1 aliphatic carbocycles. The Balaban J connectivity index is 1.97. The Bertz CT molecular complexity index is 572. The van der Waals surface area contributed by atoms with Crippen LogP contribution in [-0.4, -0.2) is 12.6 Å². The van der Waals surface area contributed by atoms with Crippen molar-refractivity contribution < 1.29 is 4.74 Å². The molecule has 3 rings (SSSR count). The second-order valence-electron chi connectivity index (χ2n) is 5.70. The van der Waals surface area contributed by atoms with Gasteiger partial charge in [-0.25, -0.2) is 0 Å². The van der Waals surface area contributed by atoms with E-state index in [1.165, 1.54) is 29.2 Å². The topological polar surface area (TPSA) is 35.2 Å². The van der Waals surface area contributed by atoms with E-state index < -0.39 is 0 Å². The van der Waals surface area contributed by atoms with Gasteiger partial charge in [0.05, 0.1) is 6.61 Å². The SMILES string of the molecule is CC(N)Cc1c(OCC2CC2)ccc2ccccc12. The number of fused-ring (bicyclic) bond motifs is 1. The second-order valence-corrected chi connectivity index (χ2v) is 5.70. The monoisotopic (exact) mass is 255 g/mol. The minimum atomic E-state index is 0.147. The largest absolute Gasteiger partial charge is 0.493 e. The minimum Gasteiger partial charge on any atom is -0.493 e. The average molecular weight is 255 g/mol. The predicted molar refractivity (Wildman–Crippen MR) is 79.5 cm³/mol. The van der Waals surface area contributed by atoms with E-state index in [-0.39, 0.29) is 6.04 Å². The van der Waals surface area contributed by atoms with E-state index >= 15 is 0 Å². The Morgan fingerprint density at radius 1 is 1.21 bits per heavy atom. The van der Waals surface area contributed by atoms with Gasteiger partial charge in [-0.05, 0) is 48.9 Å². The fourth-order valence-electron chi connectivity index (χ4n) is 2.48. The zero-order chi connectivity index (χ0) is 13.2. The summed E-state index contributed by atoms with van der Waals surface area (Å²) in [7, 11) is 0. The summed E-state index contributed by atoms with van der Waals surface area (Å²) < 4.78 is 6.01. The predicted octanol–water partition coefficient (Wildman–Crippen LogP) is 3.52. The van der Waals surface area contributed by atoms with E-state index in [2.05, 4.69) is 36.4 Å². The van der Waals surface area contributed by atoms with Gasteiger partial charge in [-0.15, -0.1) is 0 Å². The zero-order valence-electron chi connectivity index (χ0n) is 11.4. The number of nitrogens with two attached hydrogens (primary N) is 1. The minimum absolute atomic E-state index is 0.147. The third-order valence-electron chi connectivity index (χ3n) is 3.70. The highest BCUT2D eigenvalue weighted by atomic mass is 16.5. The molecular formula is C17H21NO. The zero-order valence-corrected chi connectivity index (χ0v) is 11.4. The first kappa shape index (κ1) is 12.5. The van der Waals surface area contributed by atoms with E-state index in [0.29, 0.717) is 0 Å². The fraction of sp³-hybridized carbons (Fsp3) is 0.412. The van der Waals surface area contributed by atoms with Gasteiger partial charge in [0.15, 0.2) is 0 Å². The summed E-state index contributed by atoms with van der Waals surface area (Å²) in [5.74, 6) is 1.79. The number of ether oxygens (including phenoxy) is 1. The van der Waals surface area contributed by atoms with Gasteiger partial charge in [0.1, 0.15) is 5.75 Å². The van der Waals surface area contributed by atoms with Crippen LogP contribution < -0.4 is 10.5 Å². The van der Waals surface area contributed by atoms with Gasteiger partial charge < -0.3 is 10.5 Å². The molecule has 1 aliphatic rings. The van der Waals surface area contributed by atoms with E-state index in [1.807, 2.05) is 6.92 Å². The van der Waals surface area contributed by atoms with Crippen LogP contribution in [0.4, 0.5) is 0 Å². The Labute approximate surface area is 114 Å². The van der Waals surface area contributed by atoms with Crippen molar-refractivity contribution in [2.24, 2.45) is 11.7 Å². The Kier molecular flexibility index (Phi) is 3.43. The number of rotatable bonds is 5. The van der Waals surface area contributed by atoms with Gasteiger partial charge in [0, 0.05) is 11.6 Å².